The second kappa shape index (κ2) is 8.13. The van der Waals surface area contributed by atoms with Crippen molar-refractivity contribution in [1.82, 2.24) is 5.32 Å². The van der Waals surface area contributed by atoms with Gasteiger partial charge >= 0.3 is 0 Å². The second-order valence-electron chi connectivity index (χ2n) is 5.07. The third kappa shape index (κ3) is 4.97. The van der Waals surface area contributed by atoms with Gasteiger partial charge in [0, 0.05) is 22.9 Å². The Hall–Kier alpha value is -0.250. The van der Waals surface area contributed by atoms with E-state index in [0.29, 0.717) is 18.6 Å². The van der Waals surface area contributed by atoms with Crippen LogP contribution in [0.3, 0.4) is 0 Å². The summed E-state index contributed by atoms with van der Waals surface area (Å²) >= 11 is 9.47. The van der Waals surface area contributed by atoms with Crippen molar-refractivity contribution in [3.8, 4) is 5.75 Å². The molecule has 2 nitrogen and oxygen atoms in total. The highest BCUT2D eigenvalue weighted by Gasteiger charge is 2.23. The summed E-state index contributed by atoms with van der Waals surface area (Å²) < 4.78 is 6.77. The van der Waals surface area contributed by atoms with Gasteiger partial charge in [-0.15, -0.1) is 11.6 Å². The molecule has 2 atom stereocenters. The third-order valence-corrected chi connectivity index (χ3v) is 4.57. The summed E-state index contributed by atoms with van der Waals surface area (Å²) in [7, 11) is 0. The topological polar surface area (TPSA) is 21.3 Å². The molecule has 2 rings (SSSR count). The van der Waals surface area contributed by atoms with E-state index < -0.39 is 0 Å². The normalized spacial score (nSPS) is 23.3. The van der Waals surface area contributed by atoms with Crippen LogP contribution in [0.4, 0.5) is 0 Å². The Balaban J connectivity index is 1.68. The average molecular weight is 347 g/mol. The molecule has 0 amide bonds. The largest absolute Gasteiger partial charge is 0.492 e. The van der Waals surface area contributed by atoms with Gasteiger partial charge in [0.1, 0.15) is 12.4 Å². The molecule has 1 fully saturated rings. The average Bonchev–Trinajstić information content (AvgIpc) is 2.44. The van der Waals surface area contributed by atoms with Gasteiger partial charge < -0.3 is 10.1 Å². The lowest BCUT2D eigenvalue weighted by Gasteiger charge is -2.31. The van der Waals surface area contributed by atoms with E-state index in [1.54, 1.807) is 0 Å². The molecule has 0 bridgehead atoms. The van der Waals surface area contributed by atoms with Crippen LogP contribution in [0.25, 0.3) is 0 Å². The maximum absolute atomic E-state index is 6.02. The molecule has 2 unspecified atom stereocenters. The van der Waals surface area contributed by atoms with Crippen molar-refractivity contribution in [1.29, 1.82) is 0 Å². The Bertz CT molecular complexity index is 388. The monoisotopic (exact) mass is 345 g/mol. The van der Waals surface area contributed by atoms with E-state index in [-0.39, 0.29) is 0 Å². The van der Waals surface area contributed by atoms with Crippen LogP contribution in [0, 0.1) is 5.92 Å². The Morgan fingerprint density at radius 2 is 2.16 bits per heavy atom. The van der Waals surface area contributed by atoms with E-state index in [4.69, 9.17) is 16.3 Å². The molecule has 0 heterocycles. The number of hydrogen-bond acceptors (Lipinski definition) is 2. The van der Waals surface area contributed by atoms with Gasteiger partial charge in [0.05, 0.1) is 0 Å². The van der Waals surface area contributed by atoms with E-state index in [1.807, 2.05) is 24.3 Å². The molecule has 1 aromatic carbocycles. The first-order valence-electron chi connectivity index (χ1n) is 6.97. The van der Waals surface area contributed by atoms with Gasteiger partial charge in [-0.2, -0.15) is 0 Å². The van der Waals surface area contributed by atoms with Crippen LogP contribution in [0.15, 0.2) is 28.7 Å². The number of hydrogen-bond donors (Lipinski definition) is 1. The molecular formula is C15H21BrClNO. The summed E-state index contributed by atoms with van der Waals surface area (Å²) in [5, 5.41) is 3.59. The lowest BCUT2D eigenvalue weighted by molar-refractivity contribution is 0.253. The maximum Gasteiger partial charge on any atom is 0.120 e. The lowest BCUT2D eigenvalue weighted by Crippen LogP contribution is -2.41. The van der Waals surface area contributed by atoms with Crippen molar-refractivity contribution in [3.63, 3.8) is 0 Å². The van der Waals surface area contributed by atoms with Gasteiger partial charge in [-0.3, -0.25) is 0 Å². The number of ether oxygens (including phenoxy) is 1. The van der Waals surface area contributed by atoms with Crippen LogP contribution < -0.4 is 10.1 Å². The molecule has 106 valence electrons. The van der Waals surface area contributed by atoms with Gasteiger partial charge in [0.25, 0.3) is 0 Å². The Morgan fingerprint density at radius 3 is 2.95 bits per heavy atom. The molecule has 0 aromatic heterocycles. The van der Waals surface area contributed by atoms with Crippen molar-refractivity contribution in [3.05, 3.63) is 28.7 Å². The molecular weight excluding hydrogens is 326 g/mol. The van der Waals surface area contributed by atoms with Gasteiger partial charge in [0.15, 0.2) is 0 Å². The van der Waals surface area contributed by atoms with Crippen LogP contribution in [0.2, 0.25) is 0 Å². The molecule has 0 aliphatic heterocycles. The fraction of sp³-hybridized carbons (Fsp3) is 0.600. The molecule has 1 aliphatic carbocycles. The zero-order valence-corrected chi connectivity index (χ0v) is 13.4. The Labute approximate surface area is 129 Å². The molecule has 19 heavy (non-hydrogen) atoms. The summed E-state index contributed by atoms with van der Waals surface area (Å²) in [6.07, 6.45) is 5.14. The smallest absolute Gasteiger partial charge is 0.120 e. The van der Waals surface area contributed by atoms with Gasteiger partial charge in [-0.05, 0) is 37.0 Å². The Morgan fingerprint density at radius 1 is 1.32 bits per heavy atom. The van der Waals surface area contributed by atoms with Crippen molar-refractivity contribution < 1.29 is 4.74 Å². The van der Waals surface area contributed by atoms with Gasteiger partial charge in [-0.1, -0.05) is 34.8 Å². The highest BCUT2D eigenvalue weighted by atomic mass is 79.9. The van der Waals surface area contributed by atoms with Crippen molar-refractivity contribution in [2.24, 2.45) is 5.92 Å². The minimum Gasteiger partial charge on any atom is -0.492 e. The predicted molar refractivity (Wildman–Crippen MR) is 84.1 cm³/mol. The molecule has 4 heteroatoms. The van der Waals surface area contributed by atoms with Gasteiger partial charge in [-0.25, -0.2) is 0 Å². The highest BCUT2D eigenvalue weighted by molar-refractivity contribution is 9.10. The Kier molecular flexibility index (Phi) is 6.48. The van der Waals surface area contributed by atoms with Crippen LogP contribution in [-0.2, 0) is 0 Å². The zero-order chi connectivity index (χ0) is 13.5. The maximum atomic E-state index is 6.02. The molecule has 0 saturated heterocycles. The van der Waals surface area contributed by atoms with Crippen LogP contribution >= 0.6 is 27.5 Å². The second-order valence-corrected chi connectivity index (χ2v) is 6.29. The first-order chi connectivity index (χ1) is 9.29. The van der Waals surface area contributed by atoms with Crippen LogP contribution in [-0.4, -0.2) is 25.1 Å². The number of halogens is 2. The first-order valence-corrected chi connectivity index (χ1v) is 8.30. The van der Waals surface area contributed by atoms with Gasteiger partial charge in [0.2, 0.25) is 0 Å². The minimum atomic E-state index is 0.567. The summed E-state index contributed by atoms with van der Waals surface area (Å²) in [5.41, 5.74) is 0. The van der Waals surface area contributed by atoms with Crippen LogP contribution in [0.5, 0.6) is 5.75 Å². The number of nitrogens with one attached hydrogen (secondary N) is 1. The lowest BCUT2D eigenvalue weighted by atomic mass is 9.86. The predicted octanol–water partition coefficient (Wildman–Crippen LogP) is 4.22. The number of alkyl halides is 1. The summed E-state index contributed by atoms with van der Waals surface area (Å²) in [6, 6.07) is 8.52. The fourth-order valence-corrected chi connectivity index (χ4v) is 3.38. The minimum absolute atomic E-state index is 0.567. The fourth-order valence-electron chi connectivity index (χ4n) is 2.63. The molecule has 0 spiro atoms. The number of benzene rings is 1. The molecule has 1 aromatic rings. The van der Waals surface area contributed by atoms with Crippen molar-refractivity contribution in [2.45, 2.75) is 31.7 Å². The number of rotatable bonds is 6. The molecule has 0 radical (unpaired) electrons. The summed E-state index contributed by atoms with van der Waals surface area (Å²) in [5.74, 6) is 2.31. The molecule has 1 N–H and O–H groups in total. The quantitative estimate of drug-likeness (QED) is 0.615. The molecule has 1 aliphatic rings. The standard InChI is InChI=1S/C15H21BrClNO/c16-13-5-3-6-14(10-13)19-9-8-18-15-7-2-1-4-12(15)11-17/h3,5-6,10,12,15,18H,1-2,4,7-9,11H2. The molecule has 1 saturated carbocycles. The van der Waals surface area contributed by atoms with Crippen molar-refractivity contribution in [2.75, 3.05) is 19.0 Å². The third-order valence-electron chi connectivity index (χ3n) is 3.68. The van der Waals surface area contributed by atoms with E-state index in [0.717, 1.165) is 22.6 Å². The summed E-state index contributed by atoms with van der Waals surface area (Å²) in [4.78, 5) is 0. The van der Waals surface area contributed by atoms with Crippen molar-refractivity contribution >= 4 is 27.5 Å². The summed E-state index contributed by atoms with van der Waals surface area (Å²) in [6.45, 7) is 1.58. The highest BCUT2D eigenvalue weighted by Crippen LogP contribution is 2.25. The van der Waals surface area contributed by atoms with E-state index in [1.165, 1.54) is 25.7 Å². The van der Waals surface area contributed by atoms with E-state index >= 15 is 0 Å². The van der Waals surface area contributed by atoms with E-state index in [2.05, 4.69) is 21.2 Å². The zero-order valence-electron chi connectivity index (χ0n) is 11.1. The van der Waals surface area contributed by atoms with Crippen LogP contribution in [0.1, 0.15) is 25.7 Å². The van der Waals surface area contributed by atoms with E-state index in [9.17, 15) is 0 Å². The SMILES string of the molecule is ClCC1CCCCC1NCCOc1cccc(Br)c1. The first kappa shape index (κ1) is 15.1.